The molecule has 1 aromatic carbocycles. The van der Waals surface area contributed by atoms with Crippen molar-refractivity contribution in [3.05, 3.63) is 59.7 Å². The van der Waals surface area contributed by atoms with Gasteiger partial charge in [-0.3, -0.25) is 4.98 Å². The Morgan fingerprint density at radius 1 is 1.19 bits per heavy atom. The van der Waals surface area contributed by atoms with Gasteiger partial charge in [-0.15, -0.1) is 17.4 Å². The van der Waals surface area contributed by atoms with Crippen LogP contribution in [-0.2, 0) is 0 Å². The van der Waals surface area contributed by atoms with E-state index in [4.69, 9.17) is 11.2 Å². The molecule has 1 unspecified atom stereocenters. The summed E-state index contributed by atoms with van der Waals surface area (Å²) in [5, 5.41) is 24.5. The first-order chi connectivity index (χ1) is 15.2. The van der Waals surface area contributed by atoms with Crippen LogP contribution in [0.5, 0.6) is 5.75 Å². The molecule has 0 saturated heterocycles. The van der Waals surface area contributed by atoms with E-state index < -0.39 is 0 Å². The summed E-state index contributed by atoms with van der Waals surface area (Å²) in [6, 6.07) is 11.2. The highest BCUT2D eigenvalue weighted by Crippen LogP contribution is 2.36. The number of benzene rings is 1. The Morgan fingerprint density at radius 3 is 2.77 bits per heavy atom. The quantitative estimate of drug-likeness (QED) is 0.510. The third-order valence-corrected chi connectivity index (χ3v) is 5.31. The molecule has 1 atom stereocenters. The molecule has 1 aliphatic heterocycles. The molecule has 0 amide bonds. The summed E-state index contributed by atoms with van der Waals surface area (Å²) in [5.74, 6) is 3.96. The van der Waals surface area contributed by atoms with Crippen molar-refractivity contribution in [1.29, 1.82) is 0 Å². The van der Waals surface area contributed by atoms with Crippen LogP contribution in [-0.4, -0.2) is 44.5 Å². The minimum absolute atomic E-state index is 0.329. The van der Waals surface area contributed by atoms with Crippen LogP contribution >= 0.6 is 0 Å². The summed E-state index contributed by atoms with van der Waals surface area (Å²) >= 11 is 0. The minimum atomic E-state index is -0.363. The van der Waals surface area contributed by atoms with Gasteiger partial charge >= 0.3 is 0 Å². The normalized spacial score (nSPS) is 14.7. The van der Waals surface area contributed by atoms with E-state index in [1.807, 2.05) is 43.3 Å². The van der Waals surface area contributed by atoms with Crippen LogP contribution in [0.4, 0.5) is 0 Å². The van der Waals surface area contributed by atoms with Crippen LogP contribution in [0.2, 0.25) is 0 Å². The highest BCUT2D eigenvalue weighted by molar-refractivity contribution is 5.46. The molecular formula is C22H24N8O. The van der Waals surface area contributed by atoms with Crippen molar-refractivity contribution in [2.45, 2.75) is 37.9 Å². The van der Waals surface area contributed by atoms with Gasteiger partial charge in [0.25, 0.3) is 0 Å². The molecule has 2 aromatic heterocycles. The Bertz CT molecular complexity index is 1110. The Morgan fingerprint density at radius 2 is 2.03 bits per heavy atom. The lowest BCUT2D eigenvalue weighted by Gasteiger charge is -2.20. The Kier molecular flexibility index (Phi) is 6.00. The zero-order valence-corrected chi connectivity index (χ0v) is 17.6. The molecule has 4 rings (SSSR count). The summed E-state index contributed by atoms with van der Waals surface area (Å²) < 4.78 is 7.20. The largest absolute Gasteiger partial charge is 0.494 e. The van der Waals surface area contributed by atoms with Gasteiger partial charge in [-0.25, -0.2) is 0 Å². The lowest BCUT2D eigenvalue weighted by atomic mass is 10.0. The molecule has 31 heavy (non-hydrogen) atoms. The molecule has 1 N–H and O–H groups in total. The van der Waals surface area contributed by atoms with E-state index in [9.17, 15) is 0 Å². The van der Waals surface area contributed by atoms with Gasteiger partial charge in [0.1, 0.15) is 17.5 Å². The van der Waals surface area contributed by atoms with Crippen molar-refractivity contribution in [3.63, 3.8) is 0 Å². The summed E-state index contributed by atoms with van der Waals surface area (Å²) in [5.41, 5.74) is 2.29. The zero-order chi connectivity index (χ0) is 21.7. The van der Waals surface area contributed by atoms with Crippen LogP contribution in [0, 0.1) is 19.3 Å². The zero-order valence-electron chi connectivity index (χ0n) is 17.6. The van der Waals surface area contributed by atoms with Crippen LogP contribution in [0.15, 0.2) is 52.8 Å². The molecule has 9 nitrogen and oxygen atoms in total. The van der Waals surface area contributed by atoms with E-state index in [2.05, 4.69) is 42.0 Å². The van der Waals surface area contributed by atoms with Gasteiger partial charge < -0.3 is 10.1 Å². The highest BCUT2D eigenvalue weighted by atomic mass is 16.5. The fourth-order valence-electron chi connectivity index (χ4n) is 3.55. The summed E-state index contributed by atoms with van der Waals surface area (Å²) in [6.45, 7) is 2.67. The summed E-state index contributed by atoms with van der Waals surface area (Å²) in [4.78, 5) is 4.62. The first-order valence-electron chi connectivity index (χ1n) is 10.1. The van der Waals surface area contributed by atoms with Gasteiger partial charge in [0.05, 0.1) is 12.8 Å². The van der Waals surface area contributed by atoms with Crippen LogP contribution in [0.25, 0.3) is 5.69 Å². The van der Waals surface area contributed by atoms with Crippen LogP contribution in [0.1, 0.15) is 42.4 Å². The van der Waals surface area contributed by atoms with Crippen molar-refractivity contribution in [3.8, 4) is 23.8 Å². The lowest BCUT2D eigenvalue weighted by molar-refractivity contribution is 0.409. The maximum absolute atomic E-state index is 5.51. The van der Waals surface area contributed by atoms with E-state index in [1.54, 1.807) is 18.0 Å². The van der Waals surface area contributed by atoms with Gasteiger partial charge in [0.15, 0.2) is 11.5 Å². The second-order valence-electron chi connectivity index (χ2n) is 7.35. The van der Waals surface area contributed by atoms with Gasteiger partial charge in [-0.05, 0) is 41.1 Å². The monoisotopic (exact) mass is 416 g/mol. The topological polar surface area (TPSA) is 102 Å². The Labute approximate surface area is 181 Å². The van der Waals surface area contributed by atoms with Crippen LogP contribution < -0.4 is 10.1 Å². The number of pyridine rings is 1. The minimum Gasteiger partial charge on any atom is -0.494 e. The van der Waals surface area contributed by atoms with E-state index in [1.165, 1.54) is 0 Å². The van der Waals surface area contributed by atoms with E-state index in [0.717, 1.165) is 29.8 Å². The lowest BCUT2D eigenvalue weighted by Crippen LogP contribution is -2.30. The van der Waals surface area contributed by atoms with Crippen molar-refractivity contribution in [2.24, 2.45) is 10.2 Å². The van der Waals surface area contributed by atoms with E-state index in [0.29, 0.717) is 24.5 Å². The number of aryl methyl sites for hydroxylation is 1. The summed E-state index contributed by atoms with van der Waals surface area (Å²) in [6.07, 6.45) is 9.33. The fourth-order valence-corrected chi connectivity index (χ4v) is 3.55. The Hall–Kier alpha value is -3.64. The third-order valence-electron chi connectivity index (χ3n) is 5.31. The van der Waals surface area contributed by atoms with Crippen molar-refractivity contribution in [1.82, 2.24) is 30.5 Å². The van der Waals surface area contributed by atoms with Crippen molar-refractivity contribution >= 4 is 0 Å². The number of ether oxygens (including phenoxy) is 1. The molecular weight excluding hydrogens is 392 g/mol. The smallest absolute Gasteiger partial charge is 0.193 e. The number of methoxy groups -OCH3 is 1. The predicted molar refractivity (Wildman–Crippen MR) is 115 cm³/mol. The molecule has 0 aliphatic carbocycles. The van der Waals surface area contributed by atoms with Gasteiger partial charge in [-0.1, -0.05) is 18.2 Å². The molecule has 0 bridgehead atoms. The maximum Gasteiger partial charge on any atom is 0.193 e. The molecule has 0 saturated carbocycles. The molecule has 1 aliphatic rings. The van der Waals surface area contributed by atoms with E-state index in [-0.39, 0.29) is 11.7 Å². The van der Waals surface area contributed by atoms with Crippen molar-refractivity contribution in [2.75, 3.05) is 13.7 Å². The van der Waals surface area contributed by atoms with E-state index >= 15 is 0 Å². The molecule has 3 heterocycles. The standard InChI is InChI=1S/C22H24N8O/c1-4-5-12-22(26-27-22)13-15-24-20(19-16(2)9-8-14-23-19)21-25-28-29-30(21)17-10-6-7-11-18(17)31-3/h1,6-11,14,20,24H,5,12-13,15H2,2-3H3. The number of tetrazole rings is 1. The first kappa shape index (κ1) is 20.6. The van der Waals surface area contributed by atoms with Gasteiger partial charge in [0, 0.05) is 32.0 Å². The number of hydrogen-bond acceptors (Lipinski definition) is 8. The Balaban J connectivity index is 1.63. The number of hydrogen-bond donors (Lipinski definition) is 1. The molecule has 0 fully saturated rings. The highest BCUT2D eigenvalue weighted by Gasteiger charge is 2.39. The molecule has 158 valence electrons. The van der Waals surface area contributed by atoms with Gasteiger partial charge in [-0.2, -0.15) is 14.9 Å². The van der Waals surface area contributed by atoms with Crippen molar-refractivity contribution < 1.29 is 4.74 Å². The number of para-hydroxylation sites is 2. The molecule has 3 aromatic rings. The predicted octanol–water partition coefficient (Wildman–Crippen LogP) is 3.02. The maximum atomic E-state index is 5.51. The first-order valence-corrected chi connectivity index (χ1v) is 10.1. The third kappa shape index (κ3) is 4.44. The fraction of sp³-hybridized carbons (Fsp3) is 0.364. The summed E-state index contributed by atoms with van der Waals surface area (Å²) in [7, 11) is 1.62. The molecule has 9 heteroatoms. The number of nitrogens with zero attached hydrogens (tertiary/aromatic N) is 7. The average molecular weight is 416 g/mol. The van der Waals surface area contributed by atoms with Crippen LogP contribution in [0.3, 0.4) is 0 Å². The SMILES string of the molecule is C#CCCC1(CCNC(c2ncccc2C)c2nnnn2-c2ccccc2OC)N=N1. The number of aromatic nitrogens is 5. The molecule has 0 radical (unpaired) electrons. The molecule has 0 spiro atoms. The second-order valence-corrected chi connectivity index (χ2v) is 7.35. The number of terminal acetylenes is 1. The second kappa shape index (κ2) is 9.02. The van der Waals surface area contributed by atoms with Gasteiger partial charge in [0.2, 0.25) is 0 Å². The number of nitrogens with one attached hydrogen (secondary N) is 1. The average Bonchev–Trinajstić information content (AvgIpc) is 3.40. The number of rotatable bonds is 10.